The fraction of sp³-hybridized carbons (Fsp3) is 0.150. The second kappa shape index (κ2) is 7.26. The van der Waals surface area contributed by atoms with Gasteiger partial charge in [-0.1, -0.05) is 11.6 Å². The minimum Gasteiger partial charge on any atom is -0.346 e. The molecule has 3 heterocycles. The molecule has 154 valence electrons. The number of halogens is 1. The SMILES string of the molecule is Cc1ccn(-c2nc3[nH]ccc(=O)c3cc2-c2cc(C)c(NS(C)(=O)=O)c(Cl)c2)n1. The maximum atomic E-state index is 12.4. The van der Waals surface area contributed by atoms with Gasteiger partial charge in [0.1, 0.15) is 5.65 Å². The van der Waals surface area contributed by atoms with Crippen molar-refractivity contribution in [2.24, 2.45) is 0 Å². The Labute approximate surface area is 177 Å². The molecule has 0 bridgehead atoms. The molecule has 0 fully saturated rings. The molecule has 10 heteroatoms. The van der Waals surface area contributed by atoms with Gasteiger partial charge >= 0.3 is 0 Å². The van der Waals surface area contributed by atoms with Gasteiger partial charge in [0.05, 0.1) is 28.0 Å². The number of H-pyrrole nitrogens is 1. The number of benzene rings is 1. The standard InChI is InChI=1S/C20H18ClN5O3S/c1-11-8-13(9-16(21)18(11)25-30(3,28)29)14-10-15-17(27)4-6-22-19(15)23-20(14)26-7-5-12(2)24-26/h4-10,25H,1-3H3,(H,22,23,27). The van der Waals surface area contributed by atoms with Crippen LogP contribution < -0.4 is 10.2 Å². The number of nitrogens with zero attached hydrogens (tertiary/aromatic N) is 3. The summed E-state index contributed by atoms with van der Waals surface area (Å²) in [4.78, 5) is 20.0. The van der Waals surface area contributed by atoms with Gasteiger partial charge in [-0.25, -0.2) is 18.1 Å². The number of fused-ring (bicyclic) bond motifs is 1. The lowest BCUT2D eigenvalue weighted by molar-refractivity contribution is 0.607. The van der Waals surface area contributed by atoms with E-state index in [0.29, 0.717) is 39.2 Å². The Morgan fingerprint density at radius 2 is 1.93 bits per heavy atom. The molecule has 8 nitrogen and oxygen atoms in total. The first kappa shape index (κ1) is 20.1. The third kappa shape index (κ3) is 3.81. The highest BCUT2D eigenvalue weighted by molar-refractivity contribution is 7.92. The number of nitrogens with one attached hydrogen (secondary N) is 2. The van der Waals surface area contributed by atoms with Crippen molar-refractivity contribution >= 4 is 38.3 Å². The van der Waals surface area contributed by atoms with E-state index in [2.05, 4.69) is 19.8 Å². The quantitative estimate of drug-likeness (QED) is 0.502. The van der Waals surface area contributed by atoms with Crippen LogP contribution in [0.1, 0.15) is 11.3 Å². The van der Waals surface area contributed by atoms with Gasteiger partial charge in [0, 0.05) is 24.0 Å². The summed E-state index contributed by atoms with van der Waals surface area (Å²) in [7, 11) is -3.49. The number of sulfonamides is 1. The molecule has 0 aliphatic heterocycles. The van der Waals surface area contributed by atoms with E-state index in [-0.39, 0.29) is 10.5 Å². The summed E-state index contributed by atoms with van der Waals surface area (Å²) in [5.74, 6) is 0.511. The fourth-order valence-electron chi connectivity index (χ4n) is 3.22. The number of hydrogen-bond donors (Lipinski definition) is 2. The van der Waals surface area contributed by atoms with Crippen LogP contribution >= 0.6 is 11.6 Å². The van der Waals surface area contributed by atoms with Gasteiger partial charge in [0.2, 0.25) is 10.0 Å². The van der Waals surface area contributed by atoms with Gasteiger partial charge < -0.3 is 4.98 Å². The predicted molar refractivity (Wildman–Crippen MR) is 118 cm³/mol. The van der Waals surface area contributed by atoms with E-state index < -0.39 is 10.0 Å². The van der Waals surface area contributed by atoms with Crippen LogP contribution in [0.2, 0.25) is 5.02 Å². The first-order valence-corrected chi connectivity index (χ1v) is 11.2. The summed E-state index contributed by atoms with van der Waals surface area (Å²) in [6.45, 7) is 3.62. The number of rotatable bonds is 4. The largest absolute Gasteiger partial charge is 0.346 e. The smallest absolute Gasteiger partial charge is 0.229 e. The molecule has 0 spiro atoms. The first-order chi connectivity index (χ1) is 14.1. The minimum absolute atomic E-state index is 0.168. The molecule has 0 aliphatic rings. The van der Waals surface area contributed by atoms with Gasteiger partial charge in [-0.05, 0) is 49.2 Å². The molecular weight excluding hydrogens is 426 g/mol. The molecule has 0 saturated heterocycles. The average molecular weight is 444 g/mol. The predicted octanol–water partition coefficient (Wildman–Crippen LogP) is 3.42. The highest BCUT2D eigenvalue weighted by Crippen LogP contribution is 2.35. The number of aromatic nitrogens is 4. The number of aryl methyl sites for hydroxylation is 2. The second-order valence-electron chi connectivity index (χ2n) is 7.02. The van der Waals surface area contributed by atoms with E-state index in [1.807, 2.05) is 13.0 Å². The summed E-state index contributed by atoms with van der Waals surface area (Å²) in [5, 5.41) is 5.10. The van der Waals surface area contributed by atoms with Gasteiger partial charge in [0.25, 0.3) is 0 Å². The Bertz CT molecular complexity index is 1430. The summed E-state index contributed by atoms with van der Waals surface area (Å²) in [6, 6.07) is 8.45. The van der Waals surface area contributed by atoms with E-state index in [1.165, 1.54) is 6.07 Å². The summed E-state index contributed by atoms with van der Waals surface area (Å²) < 4.78 is 27.4. The number of pyridine rings is 2. The van der Waals surface area contributed by atoms with E-state index in [1.54, 1.807) is 42.2 Å². The van der Waals surface area contributed by atoms with Crippen molar-refractivity contribution < 1.29 is 8.42 Å². The zero-order chi connectivity index (χ0) is 21.6. The molecule has 1 aromatic carbocycles. The Kier molecular flexibility index (Phi) is 4.87. The van der Waals surface area contributed by atoms with Crippen LogP contribution in [0.25, 0.3) is 28.0 Å². The van der Waals surface area contributed by atoms with Crippen LogP contribution in [-0.2, 0) is 10.0 Å². The average Bonchev–Trinajstić information content (AvgIpc) is 3.09. The molecule has 2 N–H and O–H groups in total. The van der Waals surface area contributed by atoms with Crippen LogP contribution in [0.5, 0.6) is 0 Å². The summed E-state index contributed by atoms with van der Waals surface area (Å²) in [5.41, 5.74) is 3.34. The lowest BCUT2D eigenvalue weighted by Crippen LogP contribution is -2.11. The number of hydrogen-bond acceptors (Lipinski definition) is 5. The van der Waals surface area contributed by atoms with Gasteiger partial charge in [0.15, 0.2) is 11.2 Å². The Morgan fingerprint density at radius 1 is 1.17 bits per heavy atom. The van der Waals surface area contributed by atoms with Gasteiger partial charge in [-0.15, -0.1) is 0 Å². The monoisotopic (exact) mass is 443 g/mol. The first-order valence-electron chi connectivity index (χ1n) is 8.96. The minimum atomic E-state index is -3.49. The van der Waals surface area contributed by atoms with Crippen LogP contribution in [-0.4, -0.2) is 34.4 Å². The molecular formula is C20H18ClN5O3S. The van der Waals surface area contributed by atoms with Crippen molar-refractivity contribution in [3.63, 3.8) is 0 Å². The molecule has 3 aromatic heterocycles. The van der Waals surface area contributed by atoms with E-state index >= 15 is 0 Å². The molecule has 0 radical (unpaired) electrons. The van der Waals surface area contributed by atoms with Crippen molar-refractivity contribution in [1.29, 1.82) is 0 Å². The highest BCUT2D eigenvalue weighted by Gasteiger charge is 2.17. The van der Waals surface area contributed by atoms with Crippen molar-refractivity contribution in [3.05, 3.63) is 69.2 Å². The number of aromatic amines is 1. The molecule has 0 aliphatic carbocycles. The van der Waals surface area contributed by atoms with E-state index in [0.717, 1.165) is 11.9 Å². The maximum Gasteiger partial charge on any atom is 0.229 e. The summed E-state index contributed by atoms with van der Waals surface area (Å²) >= 11 is 6.40. The molecule has 0 atom stereocenters. The zero-order valence-electron chi connectivity index (χ0n) is 16.4. The Balaban J connectivity index is 2.00. The molecule has 4 rings (SSSR count). The van der Waals surface area contributed by atoms with Gasteiger partial charge in [-0.3, -0.25) is 9.52 Å². The third-order valence-corrected chi connectivity index (χ3v) is 5.42. The molecule has 30 heavy (non-hydrogen) atoms. The topological polar surface area (TPSA) is 110 Å². The van der Waals surface area contributed by atoms with Crippen LogP contribution in [0.3, 0.4) is 0 Å². The van der Waals surface area contributed by atoms with Crippen molar-refractivity contribution in [2.75, 3.05) is 11.0 Å². The maximum absolute atomic E-state index is 12.4. The molecule has 0 saturated carbocycles. The van der Waals surface area contributed by atoms with Crippen LogP contribution in [0.4, 0.5) is 5.69 Å². The normalized spacial score (nSPS) is 11.7. The fourth-order valence-corrected chi connectivity index (χ4v) is 4.23. The van der Waals surface area contributed by atoms with Crippen LogP contribution in [0.15, 0.2) is 47.5 Å². The molecule has 4 aromatic rings. The molecule has 0 unspecified atom stereocenters. The lowest BCUT2D eigenvalue weighted by Gasteiger charge is -2.15. The third-order valence-electron chi connectivity index (χ3n) is 4.55. The molecule has 0 amide bonds. The highest BCUT2D eigenvalue weighted by atomic mass is 35.5. The zero-order valence-corrected chi connectivity index (χ0v) is 18.0. The van der Waals surface area contributed by atoms with Crippen LogP contribution in [0, 0.1) is 13.8 Å². The van der Waals surface area contributed by atoms with E-state index in [4.69, 9.17) is 11.6 Å². The van der Waals surface area contributed by atoms with Crippen molar-refractivity contribution in [1.82, 2.24) is 19.7 Å². The van der Waals surface area contributed by atoms with Crippen molar-refractivity contribution in [3.8, 4) is 16.9 Å². The lowest BCUT2D eigenvalue weighted by atomic mass is 10.0. The Hall–Kier alpha value is -3.17. The Morgan fingerprint density at radius 3 is 2.57 bits per heavy atom. The second-order valence-corrected chi connectivity index (χ2v) is 9.18. The summed E-state index contributed by atoms with van der Waals surface area (Å²) in [6.07, 6.45) is 4.39. The van der Waals surface area contributed by atoms with Crippen molar-refractivity contribution in [2.45, 2.75) is 13.8 Å². The number of anilines is 1. The van der Waals surface area contributed by atoms with E-state index in [9.17, 15) is 13.2 Å². The van der Waals surface area contributed by atoms with Gasteiger partial charge in [-0.2, -0.15) is 5.10 Å².